The maximum atomic E-state index is 12.6. The van der Waals surface area contributed by atoms with E-state index in [0.29, 0.717) is 11.8 Å². The number of hydrogen-bond acceptors (Lipinski definition) is 3. The van der Waals surface area contributed by atoms with Crippen molar-refractivity contribution in [1.82, 2.24) is 19.7 Å². The minimum atomic E-state index is -0.194. The van der Waals surface area contributed by atoms with Gasteiger partial charge in [-0.05, 0) is 43.7 Å². The molecule has 0 radical (unpaired) electrons. The number of nitrogens with one attached hydrogen (secondary N) is 1. The maximum Gasteiger partial charge on any atom is 0.347 e. The lowest BCUT2D eigenvalue weighted by Gasteiger charge is -2.33. The molecule has 0 atom stereocenters. The van der Waals surface area contributed by atoms with Gasteiger partial charge in [0.25, 0.3) is 0 Å². The Morgan fingerprint density at radius 3 is 2.46 bits per heavy atom. The number of amides is 1. The summed E-state index contributed by atoms with van der Waals surface area (Å²) in [7, 11) is 0. The molecule has 26 heavy (non-hydrogen) atoms. The number of piperidine rings is 1. The molecule has 2 aliphatic rings. The normalized spacial score (nSPS) is 19.2. The molecular weight excluding hydrogens is 328 g/mol. The Morgan fingerprint density at radius 1 is 1.08 bits per heavy atom. The Labute approximate surface area is 153 Å². The van der Waals surface area contributed by atoms with Crippen LogP contribution in [-0.2, 0) is 11.2 Å². The average Bonchev–Trinajstić information content (AvgIpc) is 3.33. The van der Waals surface area contributed by atoms with E-state index in [1.807, 2.05) is 30.3 Å². The number of rotatable bonds is 4. The van der Waals surface area contributed by atoms with Crippen molar-refractivity contribution in [2.75, 3.05) is 13.1 Å². The van der Waals surface area contributed by atoms with Crippen LogP contribution in [0.25, 0.3) is 5.69 Å². The van der Waals surface area contributed by atoms with Gasteiger partial charge in [-0.25, -0.2) is 14.5 Å². The molecule has 0 spiro atoms. The van der Waals surface area contributed by atoms with Crippen molar-refractivity contribution in [3.05, 3.63) is 46.6 Å². The second kappa shape index (κ2) is 7.48. The molecule has 2 heterocycles. The van der Waals surface area contributed by atoms with E-state index < -0.39 is 0 Å². The van der Waals surface area contributed by atoms with Gasteiger partial charge in [0.1, 0.15) is 5.82 Å². The van der Waals surface area contributed by atoms with Gasteiger partial charge in [-0.3, -0.25) is 4.79 Å². The topological polar surface area (TPSA) is 71.0 Å². The summed E-state index contributed by atoms with van der Waals surface area (Å²) in [5.74, 6) is 1.87. The molecule has 1 saturated carbocycles. The summed E-state index contributed by atoms with van der Waals surface area (Å²) in [5.41, 5.74) is 0.648. The molecule has 1 aromatic carbocycles. The van der Waals surface area contributed by atoms with Crippen LogP contribution in [0.15, 0.2) is 35.1 Å². The number of H-pyrrole nitrogens is 1. The van der Waals surface area contributed by atoms with E-state index in [1.54, 1.807) is 4.57 Å². The van der Waals surface area contributed by atoms with Gasteiger partial charge in [0, 0.05) is 25.4 Å². The summed E-state index contributed by atoms with van der Waals surface area (Å²) < 4.78 is 1.66. The van der Waals surface area contributed by atoms with Crippen molar-refractivity contribution in [3.8, 4) is 5.69 Å². The zero-order valence-electron chi connectivity index (χ0n) is 15.1. The number of carbonyl (C=O) groups excluding carboxylic acids is 1. The van der Waals surface area contributed by atoms with E-state index in [2.05, 4.69) is 15.1 Å². The van der Waals surface area contributed by atoms with Crippen LogP contribution in [0.3, 0.4) is 0 Å². The molecule has 1 amide bonds. The zero-order chi connectivity index (χ0) is 17.9. The van der Waals surface area contributed by atoms with Gasteiger partial charge < -0.3 is 4.90 Å². The molecule has 1 aliphatic carbocycles. The number of benzene rings is 1. The third-order valence-corrected chi connectivity index (χ3v) is 5.86. The molecule has 1 aliphatic heterocycles. The average molecular weight is 354 g/mol. The minimum Gasteiger partial charge on any atom is -0.342 e. The van der Waals surface area contributed by atoms with E-state index in [-0.39, 0.29) is 11.6 Å². The van der Waals surface area contributed by atoms with Crippen LogP contribution >= 0.6 is 0 Å². The summed E-state index contributed by atoms with van der Waals surface area (Å²) in [6.45, 7) is 1.67. The lowest BCUT2D eigenvalue weighted by Crippen LogP contribution is -2.41. The summed E-state index contributed by atoms with van der Waals surface area (Å²) >= 11 is 0. The number of para-hydroxylation sites is 1. The number of nitrogens with zero attached hydrogens (tertiary/aromatic N) is 3. The molecule has 4 rings (SSSR count). The Morgan fingerprint density at radius 2 is 1.77 bits per heavy atom. The number of aromatic amines is 1. The first-order chi connectivity index (χ1) is 12.7. The number of aromatic nitrogens is 3. The Hall–Kier alpha value is -2.37. The highest BCUT2D eigenvalue weighted by molar-refractivity contribution is 5.79. The van der Waals surface area contributed by atoms with Crippen molar-refractivity contribution in [3.63, 3.8) is 0 Å². The Bertz CT molecular complexity index is 797. The van der Waals surface area contributed by atoms with Gasteiger partial charge in [0.15, 0.2) is 0 Å². The highest BCUT2D eigenvalue weighted by Gasteiger charge is 2.30. The summed E-state index contributed by atoms with van der Waals surface area (Å²) in [6, 6.07) is 9.62. The molecule has 0 unspecified atom stereocenters. The molecule has 1 aromatic heterocycles. The molecule has 6 nitrogen and oxygen atoms in total. The van der Waals surface area contributed by atoms with Gasteiger partial charge >= 0.3 is 5.69 Å². The Balaban J connectivity index is 1.39. The van der Waals surface area contributed by atoms with E-state index in [1.165, 1.54) is 12.8 Å². The van der Waals surface area contributed by atoms with Gasteiger partial charge in [-0.15, -0.1) is 0 Å². The molecule has 2 fully saturated rings. The maximum absolute atomic E-state index is 12.6. The summed E-state index contributed by atoms with van der Waals surface area (Å²) in [6.07, 6.45) is 7.25. The van der Waals surface area contributed by atoms with Gasteiger partial charge in [-0.1, -0.05) is 31.0 Å². The first kappa shape index (κ1) is 17.1. The van der Waals surface area contributed by atoms with Crippen LogP contribution in [0, 0.1) is 11.8 Å². The number of likely N-dealkylation sites (tertiary alicyclic amines) is 1. The number of hydrogen-bond donors (Lipinski definition) is 1. The van der Waals surface area contributed by atoms with Crippen molar-refractivity contribution in [1.29, 1.82) is 0 Å². The lowest BCUT2D eigenvalue weighted by molar-refractivity contribution is -0.136. The molecule has 0 bridgehead atoms. The van der Waals surface area contributed by atoms with Crippen LogP contribution in [0.4, 0.5) is 0 Å². The number of carbonyl (C=O) groups is 1. The smallest absolute Gasteiger partial charge is 0.342 e. The Kier molecular flexibility index (Phi) is 4.91. The van der Waals surface area contributed by atoms with Crippen molar-refractivity contribution in [2.45, 2.75) is 44.9 Å². The first-order valence-electron chi connectivity index (χ1n) is 9.73. The van der Waals surface area contributed by atoms with Gasteiger partial charge in [-0.2, -0.15) is 5.10 Å². The van der Waals surface area contributed by atoms with Crippen LogP contribution in [0.1, 0.15) is 44.3 Å². The first-order valence-corrected chi connectivity index (χ1v) is 9.73. The zero-order valence-corrected chi connectivity index (χ0v) is 15.1. The third kappa shape index (κ3) is 3.45. The highest BCUT2D eigenvalue weighted by Crippen LogP contribution is 2.29. The van der Waals surface area contributed by atoms with E-state index in [9.17, 15) is 9.59 Å². The monoisotopic (exact) mass is 354 g/mol. The van der Waals surface area contributed by atoms with Crippen molar-refractivity contribution in [2.24, 2.45) is 11.8 Å². The summed E-state index contributed by atoms with van der Waals surface area (Å²) in [5, 5.41) is 6.83. The van der Waals surface area contributed by atoms with Crippen LogP contribution < -0.4 is 5.69 Å². The van der Waals surface area contributed by atoms with Crippen LogP contribution in [0.2, 0.25) is 0 Å². The SMILES string of the molecule is O=C(C1CCCC1)N1CCC(Cc2n[nH]c(=O)n2-c2ccccc2)CC1. The standard InChI is InChI=1S/C20H26N4O2/c25-19(16-6-4-5-7-16)23-12-10-15(11-13-23)14-18-21-22-20(26)24(18)17-8-2-1-3-9-17/h1-3,8-9,15-16H,4-7,10-14H2,(H,22,26). The predicted octanol–water partition coefficient (Wildman–Crippen LogP) is 2.53. The van der Waals surface area contributed by atoms with Crippen molar-refractivity contribution < 1.29 is 4.79 Å². The van der Waals surface area contributed by atoms with Gasteiger partial charge in [0.2, 0.25) is 5.91 Å². The molecule has 1 N–H and O–H groups in total. The van der Waals surface area contributed by atoms with E-state index in [4.69, 9.17) is 0 Å². The lowest BCUT2D eigenvalue weighted by atomic mass is 9.92. The highest BCUT2D eigenvalue weighted by atomic mass is 16.2. The third-order valence-electron chi connectivity index (χ3n) is 5.86. The van der Waals surface area contributed by atoms with Crippen LogP contribution in [-0.4, -0.2) is 38.7 Å². The van der Waals surface area contributed by atoms with Gasteiger partial charge in [0.05, 0.1) is 5.69 Å². The van der Waals surface area contributed by atoms with E-state index >= 15 is 0 Å². The molecular formula is C20H26N4O2. The fraction of sp³-hybridized carbons (Fsp3) is 0.550. The fourth-order valence-corrected chi connectivity index (χ4v) is 4.36. The molecule has 1 saturated heterocycles. The predicted molar refractivity (Wildman–Crippen MR) is 99.2 cm³/mol. The van der Waals surface area contributed by atoms with Crippen LogP contribution in [0.5, 0.6) is 0 Å². The quantitative estimate of drug-likeness (QED) is 0.917. The summed E-state index contributed by atoms with van der Waals surface area (Å²) in [4.78, 5) is 26.8. The minimum absolute atomic E-state index is 0.194. The molecule has 6 heteroatoms. The molecule has 2 aromatic rings. The van der Waals surface area contributed by atoms with Crippen molar-refractivity contribution >= 4 is 5.91 Å². The second-order valence-corrected chi connectivity index (χ2v) is 7.57. The second-order valence-electron chi connectivity index (χ2n) is 7.57. The largest absolute Gasteiger partial charge is 0.347 e. The fourth-order valence-electron chi connectivity index (χ4n) is 4.36. The molecule has 138 valence electrons. The van der Waals surface area contributed by atoms with E-state index in [0.717, 1.165) is 56.7 Å².